The number of carbonyl (C=O) groups is 1. The fourth-order valence-corrected chi connectivity index (χ4v) is 3.78. The predicted molar refractivity (Wildman–Crippen MR) is 138 cm³/mol. The largest absolute Gasteiger partial charge is 0.492 e. The van der Waals surface area contributed by atoms with Gasteiger partial charge in [0.2, 0.25) is 5.91 Å². The topological polar surface area (TPSA) is 78.4 Å². The first-order valence-electron chi connectivity index (χ1n) is 11.6. The van der Waals surface area contributed by atoms with Crippen LogP contribution in [0.4, 0.5) is 0 Å². The number of hydrogen-bond donors (Lipinski definition) is 2. The smallest absolute Gasteiger partial charge is 0.222 e. The number of amides is 1. The van der Waals surface area contributed by atoms with Crippen LogP contribution < -0.4 is 15.4 Å². The molecule has 2 aliphatic heterocycles. The molecule has 0 radical (unpaired) electrons. The highest BCUT2D eigenvalue weighted by Gasteiger charge is 2.18. The second kappa shape index (κ2) is 15.3. The Morgan fingerprint density at radius 1 is 1.19 bits per heavy atom. The molecule has 0 atom stereocenters. The Balaban J connectivity index is 0.00000363. The normalized spacial score (nSPS) is 17.2. The molecule has 3 rings (SSSR count). The second-order valence-corrected chi connectivity index (χ2v) is 7.91. The van der Waals surface area contributed by atoms with Crippen molar-refractivity contribution in [2.75, 3.05) is 65.6 Å². The van der Waals surface area contributed by atoms with Gasteiger partial charge in [0, 0.05) is 52.2 Å². The van der Waals surface area contributed by atoms with Gasteiger partial charge in [0.05, 0.1) is 19.8 Å². The van der Waals surface area contributed by atoms with Crippen LogP contribution in [0.2, 0.25) is 0 Å². The molecule has 0 aliphatic carbocycles. The number of hydrogen-bond acceptors (Lipinski definition) is 5. The minimum atomic E-state index is 0. The van der Waals surface area contributed by atoms with Crippen LogP contribution >= 0.6 is 24.0 Å². The maximum atomic E-state index is 11.7. The monoisotopic (exact) mass is 559 g/mol. The van der Waals surface area contributed by atoms with Crippen molar-refractivity contribution in [1.29, 1.82) is 0 Å². The first-order valence-corrected chi connectivity index (χ1v) is 11.6. The summed E-state index contributed by atoms with van der Waals surface area (Å²) in [5.41, 5.74) is 1.11. The van der Waals surface area contributed by atoms with Gasteiger partial charge in [-0.3, -0.25) is 9.69 Å². The summed E-state index contributed by atoms with van der Waals surface area (Å²) in [4.78, 5) is 20.7. The van der Waals surface area contributed by atoms with E-state index in [9.17, 15) is 4.79 Å². The average Bonchev–Trinajstić information content (AvgIpc) is 3.20. The van der Waals surface area contributed by atoms with Gasteiger partial charge in [-0.05, 0) is 37.5 Å². The molecule has 0 aromatic heterocycles. The average molecular weight is 559 g/mol. The summed E-state index contributed by atoms with van der Waals surface area (Å²) >= 11 is 0. The number of ether oxygens (including phenoxy) is 2. The fraction of sp³-hybridized carbons (Fsp3) is 0.652. The van der Waals surface area contributed by atoms with Crippen molar-refractivity contribution >= 4 is 35.8 Å². The van der Waals surface area contributed by atoms with Crippen molar-refractivity contribution in [2.45, 2.75) is 32.7 Å². The van der Waals surface area contributed by atoms with Gasteiger partial charge in [-0.25, -0.2) is 4.99 Å². The Bertz CT molecular complexity index is 713. The summed E-state index contributed by atoms with van der Waals surface area (Å²) in [5.74, 6) is 1.97. The molecule has 0 spiro atoms. The van der Waals surface area contributed by atoms with Crippen LogP contribution in [0.5, 0.6) is 5.75 Å². The molecule has 9 heteroatoms. The van der Waals surface area contributed by atoms with E-state index in [1.165, 1.54) is 0 Å². The molecule has 2 fully saturated rings. The molecule has 0 unspecified atom stereocenters. The molecule has 2 saturated heterocycles. The van der Waals surface area contributed by atoms with Crippen LogP contribution in [0.25, 0.3) is 0 Å². The van der Waals surface area contributed by atoms with Crippen molar-refractivity contribution in [3.8, 4) is 5.75 Å². The maximum absolute atomic E-state index is 11.7. The quantitative estimate of drug-likeness (QED) is 0.187. The molecule has 2 aliphatic rings. The summed E-state index contributed by atoms with van der Waals surface area (Å²) in [6.45, 7) is 11.1. The van der Waals surface area contributed by atoms with E-state index in [4.69, 9.17) is 14.5 Å². The summed E-state index contributed by atoms with van der Waals surface area (Å²) in [6, 6.07) is 8.14. The number of carbonyl (C=O) groups excluding carboxylic acids is 1. The fourth-order valence-electron chi connectivity index (χ4n) is 3.78. The van der Waals surface area contributed by atoms with Crippen LogP contribution in [0.1, 0.15) is 31.7 Å². The molecule has 8 nitrogen and oxygen atoms in total. The highest BCUT2D eigenvalue weighted by atomic mass is 127. The van der Waals surface area contributed by atoms with Gasteiger partial charge in [-0.1, -0.05) is 12.1 Å². The molecule has 1 aromatic carbocycles. The number of guanidine groups is 1. The molecule has 0 saturated carbocycles. The number of nitrogens with zero attached hydrogens (tertiary/aromatic N) is 3. The number of morpholine rings is 1. The van der Waals surface area contributed by atoms with E-state index in [0.717, 1.165) is 89.1 Å². The zero-order valence-electron chi connectivity index (χ0n) is 19.2. The van der Waals surface area contributed by atoms with Crippen molar-refractivity contribution in [1.82, 2.24) is 20.4 Å². The van der Waals surface area contributed by atoms with Crippen molar-refractivity contribution in [3.63, 3.8) is 0 Å². The van der Waals surface area contributed by atoms with E-state index >= 15 is 0 Å². The lowest BCUT2D eigenvalue weighted by atomic mass is 10.2. The summed E-state index contributed by atoms with van der Waals surface area (Å²) in [6.07, 6.45) is 2.61. The van der Waals surface area contributed by atoms with E-state index < -0.39 is 0 Å². The molecule has 2 N–H and O–H groups in total. The second-order valence-electron chi connectivity index (χ2n) is 7.91. The highest BCUT2D eigenvalue weighted by Crippen LogP contribution is 2.14. The molecule has 1 amide bonds. The Kier molecular flexibility index (Phi) is 12.7. The minimum absolute atomic E-state index is 0. The number of halogens is 1. The molecule has 1 aromatic rings. The van der Waals surface area contributed by atoms with Gasteiger partial charge in [0.1, 0.15) is 12.4 Å². The van der Waals surface area contributed by atoms with E-state index in [2.05, 4.69) is 34.6 Å². The lowest BCUT2D eigenvalue weighted by molar-refractivity contribution is -0.127. The Morgan fingerprint density at radius 2 is 2.03 bits per heavy atom. The number of rotatable bonds is 11. The Hall–Kier alpha value is -1.59. The summed E-state index contributed by atoms with van der Waals surface area (Å²) in [7, 11) is 0. The maximum Gasteiger partial charge on any atom is 0.222 e. The van der Waals surface area contributed by atoms with Gasteiger partial charge >= 0.3 is 0 Å². The minimum Gasteiger partial charge on any atom is -0.492 e. The highest BCUT2D eigenvalue weighted by molar-refractivity contribution is 14.0. The van der Waals surface area contributed by atoms with Gasteiger partial charge < -0.3 is 25.0 Å². The number of aliphatic imine (C=N–C) groups is 1. The predicted octanol–water partition coefficient (Wildman–Crippen LogP) is 2.08. The Labute approximate surface area is 209 Å². The lowest BCUT2D eigenvalue weighted by Gasteiger charge is -2.26. The van der Waals surface area contributed by atoms with Crippen LogP contribution in [0, 0.1) is 0 Å². The number of benzene rings is 1. The van der Waals surface area contributed by atoms with Gasteiger partial charge in [0.15, 0.2) is 5.96 Å². The molecule has 2 heterocycles. The van der Waals surface area contributed by atoms with E-state index in [1.807, 2.05) is 17.0 Å². The third-order valence-electron chi connectivity index (χ3n) is 5.51. The summed E-state index contributed by atoms with van der Waals surface area (Å²) < 4.78 is 11.3. The van der Waals surface area contributed by atoms with Crippen LogP contribution in [0.3, 0.4) is 0 Å². The first kappa shape index (κ1) is 26.7. The number of likely N-dealkylation sites (tertiary alicyclic amines) is 1. The lowest BCUT2D eigenvalue weighted by Crippen LogP contribution is -2.39. The summed E-state index contributed by atoms with van der Waals surface area (Å²) in [5, 5.41) is 6.66. The standard InChI is InChI=1S/C23H37N5O3.HI/c1-2-24-23(25-9-5-11-28-10-4-8-22(28)29)26-19-20-6-3-7-21(18-20)31-17-14-27-12-15-30-16-13-27;/h3,6-7,18H,2,4-5,8-17,19H2,1H3,(H2,24,25,26);1H. The zero-order valence-corrected chi connectivity index (χ0v) is 21.5. The van der Waals surface area contributed by atoms with Crippen LogP contribution in [0.15, 0.2) is 29.3 Å². The van der Waals surface area contributed by atoms with Crippen molar-refractivity contribution in [3.05, 3.63) is 29.8 Å². The van der Waals surface area contributed by atoms with Gasteiger partial charge in [-0.15, -0.1) is 24.0 Å². The van der Waals surface area contributed by atoms with Crippen molar-refractivity contribution in [2.24, 2.45) is 4.99 Å². The molecular formula is C23H38IN5O3. The molecule has 32 heavy (non-hydrogen) atoms. The first-order chi connectivity index (χ1) is 15.2. The SMILES string of the molecule is CCNC(=NCc1cccc(OCCN2CCOCC2)c1)NCCCN1CCCC1=O.I. The van der Waals surface area contributed by atoms with Crippen LogP contribution in [-0.4, -0.2) is 87.3 Å². The van der Waals surface area contributed by atoms with Gasteiger partial charge in [0.25, 0.3) is 0 Å². The third-order valence-corrected chi connectivity index (χ3v) is 5.51. The number of nitrogens with one attached hydrogen (secondary N) is 2. The molecular weight excluding hydrogens is 521 g/mol. The van der Waals surface area contributed by atoms with E-state index in [1.54, 1.807) is 0 Å². The van der Waals surface area contributed by atoms with Crippen molar-refractivity contribution < 1.29 is 14.3 Å². The zero-order chi connectivity index (χ0) is 21.7. The van der Waals surface area contributed by atoms with Gasteiger partial charge in [-0.2, -0.15) is 0 Å². The molecule has 0 bridgehead atoms. The van der Waals surface area contributed by atoms with Crippen LogP contribution in [-0.2, 0) is 16.1 Å². The molecule has 180 valence electrons. The third kappa shape index (κ3) is 9.50. The van der Waals surface area contributed by atoms with E-state index in [0.29, 0.717) is 19.6 Å². The van der Waals surface area contributed by atoms with E-state index in [-0.39, 0.29) is 29.9 Å². The Morgan fingerprint density at radius 3 is 2.78 bits per heavy atom.